The van der Waals surface area contributed by atoms with E-state index >= 15 is 0 Å². The molecule has 108 valence electrons. The lowest BCUT2D eigenvalue weighted by Gasteiger charge is -2.26. The second kappa shape index (κ2) is 5.71. The van der Waals surface area contributed by atoms with Gasteiger partial charge in [-0.2, -0.15) is 0 Å². The van der Waals surface area contributed by atoms with Crippen LogP contribution in [0.1, 0.15) is 34.8 Å². The summed E-state index contributed by atoms with van der Waals surface area (Å²) < 4.78 is 12.2. The van der Waals surface area contributed by atoms with Gasteiger partial charge in [-0.15, -0.1) is 11.8 Å². The number of benzene rings is 2. The van der Waals surface area contributed by atoms with Gasteiger partial charge in [-0.05, 0) is 60.1 Å². The van der Waals surface area contributed by atoms with Crippen molar-refractivity contribution in [3.63, 3.8) is 0 Å². The lowest BCUT2D eigenvalue weighted by atomic mass is 10.0. The minimum Gasteiger partial charge on any atom is -0.611 e. The van der Waals surface area contributed by atoms with Gasteiger partial charge in [0.2, 0.25) is 0 Å². The van der Waals surface area contributed by atoms with E-state index in [-0.39, 0.29) is 0 Å². The lowest BCUT2D eigenvalue weighted by Crippen LogP contribution is -2.17. The molecule has 21 heavy (non-hydrogen) atoms. The number of thioether (sulfide) groups is 1. The van der Waals surface area contributed by atoms with Crippen molar-refractivity contribution in [3.05, 3.63) is 59.2 Å². The molecule has 0 bridgehead atoms. The fourth-order valence-corrected chi connectivity index (χ4v) is 5.91. The van der Waals surface area contributed by atoms with Crippen LogP contribution in [0.25, 0.3) is 0 Å². The van der Waals surface area contributed by atoms with E-state index < -0.39 is 11.2 Å². The van der Waals surface area contributed by atoms with Gasteiger partial charge in [0.15, 0.2) is 4.90 Å². The van der Waals surface area contributed by atoms with Crippen molar-refractivity contribution in [2.24, 2.45) is 0 Å². The quantitative estimate of drug-likeness (QED) is 0.722. The first-order chi connectivity index (χ1) is 10.3. The maximum absolute atomic E-state index is 12.2. The van der Waals surface area contributed by atoms with Crippen LogP contribution in [0, 0.1) is 0 Å². The molecule has 2 heterocycles. The second-order valence-electron chi connectivity index (χ2n) is 5.77. The fourth-order valence-electron chi connectivity index (χ4n) is 3.25. The normalized spacial score (nSPS) is 24.2. The molecule has 4 rings (SSSR count). The van der Waals surface area contributed by atoms with Crippen LogP contribution in [0.4, 0.5) is 0 Å². The summed E-state index contributed by atoms with van der Waals surface area (Å²) in [5.41, 5.74) is 4.12. The Hall–Kier alpha value is -0.900. The van der Waals surface area contributed by atoms with Gasteiger partial charge in [-0.1, -0.05) is 30.3 Å². The smallest absolute Gasteiger partial charge is 0.156 e. The number of rotatable bonds is 1. The molecule has 3 heteroatoms. The third kappa shape index (κ3) is 2.63. The van der Waals surface area contributed by atoms with Crippen molar-refractivity contribution >= 4 is 22.9 Å². The molecule has 2 aromatic rings. The third-order valence-corrected chi connectivity index (χ3v) is 7.38. The van der Waals surface area contributed by atoms with Crippen LogP contribution in [0.2, 0.25) is 0 Å². The van der Waals surface area contributed by atoms with Gasteiger partial charge >= 0.3 is 0 Å². The first-order valence-electron chi connectivity index (χ1n) is 7.57. The van der Waals surface area contributed by atoms with E-state index in [1.807, 2.05) is 11.8 Å². The van der Waals surface area contributed by atoms with Crippen molar-refractivity contribution < 1.29 is 4.55 Å². The van der Waals surface area contributed by atoms with Crippen LogP contribution >= 0.6 is 11.8 Å². The molecule has 2 aliphatic rings. The van der Waals surface area contributed by atoms with Crippen molar-refractivity contribution in [1.82, 2.24) is 0 Å². The molecule has 0 amide bonds. The Morgan fingerprint density at radius 3 is 2.90 bits per heavy atom. The van der Waals surface area contributed by atoms with Crippen LogP contribution < -0.4 is 0 Å². The molecule has 0 spiro atoms. The monoisotopic (exact) mass is 314 g/mol. The summed E-state index contributed by atoms with van der Waals surface area (Å²) in [7, 11) is 0. The third-order valence-electron chi connectivity index (χ3n) is 4.40. The zero-order chi connectivity index (χ0) is 14.2. The Balaban J connectivity index is 1.64. The van der Waals surface area contributed by atoms with E-state index in [4.69, 9.17) is 0 Å². The zero-order valence-corrected chi connectivity index (χ0v) is 13.5. The molecule has 0 saturated heterocycles. The molecule has 2 aromatic carbocycles. The predicted octanol–water partition coefficient (Wildman–Crippen LogP) is 4.52. The SMILES string of the molecule is [O-][S+]1CCCc2ccc(C3CCc4ccccc4S3)cc21. The summed E-state index contributed by atoms with van der Waals surface area (Å²) in [6.07, 6.45) is 4.47. The molecular weight excluding hydrogens is 296 g/mol. The molecule has 0 aliphatic carbocycles. The predicted molar refractivity (Wildman–Crippen MR) is 89.4 cm³/mol. The van der Waals surface area contributed by atoms with Crippen LogP contribution in [0.15, 0.2) is 52.3 Å². The summed E-state index contributed by atoms with van der Waals surface area (Å²) in [6, 6.07) is 15.4. The number of hydrogen-bond donors (Lipinski definition) is 0. The molecular formula is C18H18OS2. The summed E-state index contributed by atoms with van der Waals surface area (Å²) in [6.45, 7) is 0. The molecule has 0 N–H and O–H groups in total. The average molecular weight is 314 g/mol. The molecule has 0 saturated carbocycles. The van der Waals surface area contributed by atoms with Gasteiger partial charge in [0.25, 0.3) is 0 Å². The highest BCUT2D eigenvalue weighted by Crippen LogP contribution is 2.45. The highest BCUT2D eigenvalue weighted by Gasteiger charge is 2.26. The second-order valence-corrected chi connectivity index (χ2v) is 8.56. The topological polar surface area (TPSA) is 23.1 Å². The van der Waals surface area contributed by atoms with E-state index in [2.05, 4.69) is 42.5 Å². The number of fused-ring (bicyclic) bond motifs is 2. The highest BCUT2D eigenvalue weighted by atomic mass is 32.2. The van der Waals surface area contributed by atoms with E-state index in [0.29, 0.717) is 5.25 Å². The van der Waals surface area contributed by atoms with Crippen molar-refractivity contribution in [1.29, 1.82) is 0 Å². The maximum atomic E-state index is 12.2. The van der Waals surface area contributed by atoms with Crippen molar-refractivity contribution in [2.45, 2.75) is 40.7 Å². The van der Waals surface area contributed by atoms with Crippen molar-refractivity contribution in [3.8, 4) is 0 Å². The highest BCUT2D eigenvalue weighted by molar-refractivity contribution is 7.99. The van der Waals surface area contributed by atoms with Crippen LogP contribution in [0.3, 0.4) is 0 Å². The summed E-state index contributed by atoms with van der Waals surface area (Å²) >= 11 is 1.18. The van der Waals surface area contributed by atoms with Gasteiger partial charge in [-0.3, -0.25) is 0 Å². The Labute approximate surface area is 133 Å². The minimum atomic E-state index is -0.784. The van der Waals surface area contributed by atoms with Gasteiger partial charge in [0.05, 0.1) is 0 Å². The summed E-state index contributed by atoms with van der Waals surface area (Å²) in [5, 5.41) is 0.504. The molecule has 2 aliphatic heterocycles. The van der Waals surface area contributed by atoms with Gasteiger partial charge in [0, 0.05) is 15.7 Å². The van der Waals surface area contributed by atoms with Crippen LogP contribution in [-0.2, 0) is 24.0 Å². The molecule has 0 fully saturated rings. The molecule has 2 atom stereocenters. The van der Waals surface area contributed by atoms with Crippen LogP contribution in [-0.4, -0.2) is 10.3 Å². The Bertz CT molecular complexity index is 668. The largest absolute Gasteiger partial charge is 0.611 e. The maximum Gasteiger partial charge on any atom is 0.156 e. The summed E-state index contributed by atoms with van der Waals surface area (Å²) in [4.78, 5) is 2.51. The minimum absolute atomic E-state index is 0.504. The number of aryl methyl sites for hydroxylation is 2. The van der Waals surface area contributed by atoms with E-state index in [1.165, 1.54) is 28.0 Å². The lowest BCUT2D eigenvalue weighted by molar-refractivity contribution is 0.585. The van der Waals surface area contributed by atoms with Crippen LogP contribution in [0.5, 0.6) is 0 Å². The molecule has 2 unspecified atom stereocenters. The first kappa shape index (κ1) is 13.7. The summed E-state index contributed by atoms with van der Waals surface area (Å²) in [5.74, 6) is 0.830. The van der Waals surface area contributed by atoms with Gasteiger partial charge in [-0.25, -0.2) is 0 Å². The zero-order valence-electron chi connectivity index (χ0n) is 11.9. The fraction of sp³-hybridized carbons (Fsp3) is 0.333. The Morgan fingerprint density at radius 1 is 1.05 bits per heavy atom. The molecule has 0 radical (unpaired) electrons. The standard InChI is InChI=1S/C18H18OS2/c19-21-11-3-5-14-7-8-15(12-18(14)21)17-10-9-13-4-1-2-6-16(13)20-17/h1-2,4,6-8,12,17H,3,5,9-11H2. The van der Waals surface area contributed by atoms with E-state index in [0.717, 1.165) is 29.9 Å². The average Bonchev–Trinajstić information content (AvgIpc) is 2.54. The van der Waals surface area contributed by atoms with Gasteiger partial charge < -0.3 is 4.55 Å². The molecule has 0 aromatic heterocycles. The Morgan fingerprint density at radius 2 is 1.95 bits per heavy atom. The first-order valence-corrected chi connectivity index (χ1v) is 9.77. The van der Waals surface area contributed by atoms with E-state index in [1.54, 1.807) is 0 Å². The Kier molecular flexibility index (Phi) is 3.74. The van der Waals surface area contributed by atoms with E-state index in [9.17, 15) is 4.55 Å². The van der Waals surface area contributed by atoms with Gasteiger partial charge in [0.1, 0.15) is 5.75 Å². The molecule has 1 nitrogen and oxygen atoms in total. The number of hydrogen-bond acceptors (Lipinski definition) is 2. The van der Waals surface area contributed by atoms with Crippen molar-refractivity contribution in [2.75, 3.05) is 5.75 Å².